The Balaban J connectivity index is 2.16. The van der Waals surface area contributed by atoms with Crippen LogP contribution in [0.5, 0.6) is 0 Å². The van der Waals surface area contributed by atoms with Crippen LogP contribution in [0.1, 0.15) is 6.92 Å². The number of hydrogen-bond donors (Lipinski definition) is 4. The number of rotatable bonds is 4. The fourth-order valence-electron chi connectivity index (χ4n) is 3.03. The summed E-state index contributed by atoms with van der Waals surface area (Å²) in [5.41, 5.74) is 10.1. The van der Waals surface area contributed by atoms with Gasteiger partial charge in [0.05, 0.1) is 6.61 Å². The monoisotopic (exact) mass is 269 g/mol. The summed E-state index contributed by atoms with van der Waals surface area (Å²) >= 11 is 0. The number of nitrogens with two attached hydrogens (primary N) is 2. The maximum absolute atomic E-state index is 11.9. The van der Waals surface area contributed by atoms with Crippen molar-refractivity contribution in [1.29, 1.82) is 0 Å². The molecule has 5 atom stereocenters. The second-order valence-electron chi connectivity index (χ2n) is 5.84. The number of hydrogen-bond acceptors (Lipinski definition) is 5. The van der Waals surface area contributed by atoms with E-state index in [2.05, 4.69) is 6.92 Å². The predicted octanol–water partition coefficient (Wildman–Crippen LogP) is -2.41. The van der Waals surface area contributed by atoms with Gasteiger partial charge in [-0.2, -0.15) is 0 Å². The molecule has 0 aromatic rings. The van der Waals surface area contributed by atoms with Gasteiger partial charge in [0.15, 0.2) is 0 Å². The fraction of sp³-hybridized carbons (Fsp3) is 0.818. The molecule has 19 heavy (non-hydrogen) atoms. The zero-order chi connectivity index (χ0) is 14.4. The second-order valence-corrected chi connectivity index (χ2v) is 5.84. The molecule has 0 spiro atoms. The van der Waals surface area contributed by atoms with Crippen LogP contribution in [0.4, 0.5) is 0 Å². The molecule has 2 aliphatic heterocycles. The van der Waals surface area contributed by atoms with E-state index in [4.69, 9.17) is 16.6 Å². The van der Waals surface area contributed by atoms with Crippen LogP contribution in [-0.2, 0) is 9.59 Å². The van der Waals surface area contributed by atoms with Gasteiger partial charge < -0.3 is 26.6 Å². The average Bonchev–Trinajstić information content (AvgIpc) is 2.96. The third-order valence-corrected chi connectivity index (χ3v) is 4.44. The van der Waals surface area contributed by atoms with E-state index in [1.54, 1.807) is 0 Å². The Morgan fingerprint density at radius 3 is 2.58 bits per heavy atom. The average molecular weight is 269 g/mol. The summed E-state index contributed by atoms with van der Waals surface area (Å²) in [6, 6.07) is -1.01. The van der Waals surface area contributed by atoms with Crippen molar-refractivity contribution in [3.05, 3.63) is 0 Å². The van der Waals surface area contributed by atoms with Crippen molar-refractivity contribution in [2.45, 2.75) is 30.1 Å². The minimum Gasteiger partial charge on any atom is -0.480 e. The van der Waals surface area contributed by atoms with Gasteiger partial charge >= 0.3 is 5.97 Å². The lowest BCUT2D eigenvalue weighted by atomic mass is 9.79. The smallest absolute Gasteiger partial charge is 0.325 e. The lowest BCUT2D eigenvalue weighted by molar-refractivity contribution is -0.144. The van der Waals surface area contributed by atoms with E-state index in [0.29, 0.717) is 12.4 Å². The van der Waals surface area contributed by atoms with Gasteiger partial charge in [-0.05, 0) is 0 Å². The highest BCUT2D eigenvalue weighted by atomic mass is 16.4. The largest absolute Gasteiger partial charge is 0.480 e. The summed E-state index contributed by atoms with van der Waals surface area (Å²) in [7, 11) is 0.949. The molecule has 2 rings (SSSR count). The van der Waals surface area contributed by atoms with Crippen molar-refractivity contribution in [1.82, 2.24) is 4.90 Å². The van der Waals surface area contributed by atoms with Crippen LogP contribution in [0.25, 0.3) is 0 Å². The number of carbonyl (C=O) groups excluding carboxylic acids is 1. The van der Waals surface area contributed by atoms with Gasteiger partial charge in [0.2, 0.25) is 5.91 Å². The van der Waals surface area contributed by atoms with Gasteiger partial charge in [0.25, 0.3) is 0 Å². The molecular weight excluding hydrogens is 249 g/mol. The number of carbonyl (C=O) groups is 2. The van der Waals surface area contributed by atoms with Gasteiger partial charge in [-0.15, -0.1) is 0 Å². The normalized spacial score (nSPS) is 38.7. The number of nitrogens with zero attached hydrogens (tertiary/aromatic N) is 1. The molecule has 2 fully saturated rings. The molecule has 7 nitrogen and oxygen atoms in total. The lowest BCUT2D eigenvalue weighted by Gasteiger charge is -2.25. The van der Waals surface area contributed by atoms with E-state index < -0.39 is 30.1 Å². The highest BCUT2D eigenvalue weighted by molar-refractivity contribution is 6.53. The molecule has 0 aromatic heterocycles. The number of likely N-dealkylation sites (tertiary alicyclic amines) is 1. The van der Waals surface area contributed by atoms with Crippen molar-refractivity contribution < 1.29 is 19.8 Å². The van der Waals surface area contributed by atoms with E-state index in [9.17, 15) is 14.7 Å². The number of aliphatic hydroxyl groups excluding tert-OH is 1. The molecule has 0 aromatic carbocycles. The van der Waals surface area contributed by atoms with Crippen LogP contribution in [0.15, 0.2) is 0 Å². The van der Waals surface area contributed by atoms with Crippen molar-refractivity contribution in [2.24, 2.45) is 17.4 Å². The Labute approximate surface area is 112 Å². The van der Waals surface area contributed by atoms with Gasteiger partial charge in [-0.25, -0.2) is 0 Å². The standard InChI is InChI=1S/C11H20BN3O4/c1-5-8(12-5)6-2-15(9(17)7(13)3-16)4-11(6,14)10(18)19/h5-8,12,16H,2-4,13-14H2,1H3,(H,18,19)/t5?,6-,7+,8?,11+/m1/s1. The Bertz CT molecular complexity index is 407. The van der Waals surface area contributed by atoms with E-state index in [1.165, 1.54) is 4.90 Å². The fourth-order valence-corrected chi connectivity index (χ4v) is 3.03. The van der Waals surface area contributed by atoms with E-state index >= 15 is 0 Å². The molecule has 6 N–H and O–H groups in total. The zero-order valence-corrected chi connectivity index (χ0v) is 11.0. The van der Waals surface area contributed by atoms with Crippen molar-refractivity contribution in [3.8, 4) is 0 Å². The molecule has 0 saturated carbocycles. The third-order valence-electron chi connectivity index (χ3n) is 4.44. The van der Waals surface area contributed by atoms with Crippen molar-refractivity contribution >= 4 is 19.2 Å². The molecule has 1 amide bonds. The lowest BCUT2D eigenvalue weighted by Crippen LogP contribution is -2.56. The van der Waals surface area contributed by atoms with Gasteiger partial charge in [-0.1, -0.05) is 18.6 Å². The van der Waals surface area contributed by atoms with E-state index in [-0.39, 0.29) is 18.3 Å². The first-order valence-corrected chi connectivity index (χ1v) is 6.48. The highest BCUT2D eigenvalue weighted by Gasteiger charge is 2.58. The minimum atomic E-state index is -1.40. The quantitative estimate of drug-likeness (QED) is 0.421. The van der Waals surface area contributed by atoms with E-state index in [0.717, 1.165) is 7.28 Å². The van der Waals surface area contributed by atoms with Crippen LogP contribution in [-0.4, -0.2) is 65.5 Å². The van der Waals surface area contributed by atoms with Crippen LogP contribution >= 0.6 is 0 Å². The highest BCUT2D eigenvalue weighted by Crippen LogP contribution is 2.52. The second kappa shape index (κ2) is 4.77. The van der Waals surface area contributed by atoms with Gasteiger partial charge in [-0.3, -0.25) is 9.59 Å². The van der Waals surface area contributed by atoms with Crippen LogP contribution in [0.2, 0.25) is 11.6 Å². The van der Waals surface area contributed by atoms with Crippen LogP contribution in [0.3, 0.4) is 0 Å². The number of carboxylic acid groups (broad SMARTS) is 1. The molecule has 0 bridgehead atoms. The Morgan fingerprint density at radius 1 is 1.58 bits per heavy atom. The number of amides is 1. The number of carboxylic acids is 1. The summed E-state index contributed by atoms with van der Waals surface area (Å²) in [6.07, 6.45) is 0. The first-order valence-electron chi connectivity index (χ1n) is 6.48. The molecule has 106 valence electrons. The van der Waals surface area contributed by atoms with Gasteiger partial charge in [0, 0.05) is 19.0 Å². The molecule has 8 heteroatoms. The van der Waals surface area contributed by atoms with E-state index in [1.807, 2.05) is 0 Å². The molecule has 2 unspecified atom stereocenters. The minimum absolute atomic E-state index is 0.0389. The first-order chi connectivity index (χ1) is 8.81. The molecule has 0 aliphatic carbocycles. The Kier molecular flexibility index (Phi) is 3.59. The Hall–Kier alpha value is -1.12. The third kappa shape index (κ3) is 2.35. The number of aliphatic carboxylic acids is 1. The topological polar surface area (TPSA) is 130 Å². The summed E-state index contributed by atoms with van der Waals surface area (Å²) in [5.74, 6) is -1.05. The van der Waals surface area contributed by atoms with Crippen molar-refractivity contribution in [3.63, 3.8) is 0 Å². The van der Waals surface area contributed by atoms with Crippen molar-refractivity contribution in [2.75, 3.05) is 19.7 Å². The maximum Gasteiger partial charge on any atom is 0.325 e. The zero-order valence-electron chi connectivity index (χ0n) is 11.0. The molecule has 2 heterocycles. The van der Waals surface area contributed by atoms with Gasteiger partial charge in [0.1, 0.15) is 18.9 Å². The summed E-state index contributed by atoms with van der Waals surface area (Å²) in [5, 5.41) is 18.3. The molecule has 2 saturated heterocycles. The molecule has 0 radical (unpaired) electrons. The Morgan fingerprint density at radius 2 is 2.16 bits per heavy atom. The molecular formula is C11H20BN3O4. The van der Waals surface area contributed by atoms with Crippen LogP contribution < -0.4 is 11.5 Å². The van der Waals surface area contributed by atoms with Crippen LogP contribution in [0, 0.1) is 5.92 Å². The molecule has 2 aliphatic rings. The summed E-state index contributed by atoms with van der Waals surface area (Å²) in [6.45, 7) is 1.87. The predicted molar refractivity (Wildman–Crippen MR) is 70.0 cm³/mol. The summed E-state index contributed by atoms with van der Waals surface area (Å²) in [4.78, 5) is 24.8. The maximum atomic E-state index is 11.9. The summed E-state index contributed by atoms with van der Waals surface area (Å²) < 4.78 is 0. The SMILES string of the molecule is CC1BC1[C@H]1CN(C(=O)[C@@H](N)CO)C[C@@]1(N)C(=O)O. The first kappa shape index (κ1) is 14.3. The number of aliphatic hydroxyl groups is 1.